The highest BCUT2D eigenvalue weighted by Crippen LogP contribution is 2.44. The standard InChI is InChI=1S/C36H36BrN5O6/c1-45-30-18-25(19-31(20-30)46-2)22-39-35(44)36(21-24-8-12-28(37)13-9-24)33(32-7-4-3-6-27(32)23-40-42-38)48-34(41-36)26-10-14-29(15-11-26)47-17-5-16-43/h3-4,6-15,18-20,33,43H,5,16-17,21-23H2,1-2H3,(H,39,44)/t33-,36-/m1/s1. The topological polar surface area (TPSA) is 147 Å². The average Bonchev–Trinajstić information content (AvgIpc) is 3.51. The summed E-state index contributed by atoms with van der Waals surface area (Å²) in [7, 11) is 3.14. The molecule has 0 bridgehead atoms. The molecule has 1 heterocycles. The van der Waals surface area contributed by atoms with E-state index in [2.05, 4.69) is 31.3 Å². The number of aliphatic hydroxyl groups excluding tert-OH is 1. The first kappa shape index (κ1) is 34.3. The zero-order chi connectivity index (χ0) is 33.9. The minimum Gasteiger partial charge on any atom is -0.497 e. The van der Waals surface area contributed by atoms with E-state index in [4.69, 9.17) is 34.6 Å². The molecule has 0 radical (unpaired) electrons. The number of nitrogens with one attached hydrogen (secondary N) is 1. The number of carbonyl (C=O) groups is 1. The Morgan fingerprint density at radius 1 is 1.00 bits per heavy atom. The zero-order valence-electron chi connectivity index (χ0n) is 26.6. The number of aliphatic imine (C=N–C) groups is 1. The number of halogens is 1. The van der Waals surface area contributed by atoms with Crippen LogP contribution in [0, 0.1) is 0 Å². The SMILES string of the molecule is COc1cc(CNC(=O)[C@]2(Cc3ccc(Br)cc3)N=C(c3ccc(OCCCO)cc3)O[C@@H]2c2ccccc2CN=[N+]=[N-])cc(OC)c1. The van der Waals surface area contributed by atoms with Gasteiger partial charge in [-0.1, -0.05) is 57.4 Å². The van der Waals surface area contributed by atoms with Crippen LogP contribution >= 0.6 is 15.9 Å². The molecule has 2 atom stereocenters. The molecule has 2 N–H and O–H groups in total. The Morgan fingerprint density at radius 2 is 1.71 bits per heavy atom. The summed E-state index contributed by atoms with van der Waals surface area (Å²) in [6.07, 6.45) is -0.147. The van der Waals surface area contributed by atoms with Gasteiger partial charge in [0.2, 0.25) is 5.90 Å². The molecule has 4 aromatic rings. The van der Waals surface area contributed by atoms with Crippen LogP contribution in [-0.4, -0.2) is 49.9 Å². The van der Waals surface area contributed by atoms with Crippen molar-refractivity contribution in [1.29, 1.82) is 0 Å². The van der Waals surface area contributed by atoms with E-state index in [0.717, 1.165) is 21.2 Å². The third-order valence-corrected chi connectivity index (χ3v) is 8.45. The number of methoxy groups -OCH3 is 2. The summed E-state index contributed by atoms with van der Waals surface area (Å²) in [5, 5.41) is 16.0. The Morgan fingerprint density at radius 3 is 2.38 bits per heavy atom. The van der Waals surface area contributed by atoms with E-state index < -0.39 is 11.6 Å². The molecule has 0 spiro atoms. The monoisotopic (exact) mass is 713 g/mol. The number of benzene rings is 4. The van der Waals surface area contributed by atoms with Crippen LogP contribution in [-0.2, 0) is 29.0 Å². The van der Waals surface area contributed by atoms with E-state index in [9.17, 15) is 4.79 Å². The maximum Gasteiger partial charge on any atom is 0.252 e. The molecule has 0 fully saturated rings. The largest absolute Gasteiger partial charge is 0.497 e. The maximum absolute atomic E-state index is 14.7. The Hall–Kier alpha value is -5.03. The minimum atomic E-state index is -1.46. The normalized spacial score (nSPS) is 16.7. The van der Waals surface area contributed by atoms with Crippen molar-refractivity contribution < 1.29 is 28.8 Å². The van der Waals surface area contributed by atoms with Crippen LogP contribution in [0.4, 0.5) is 0 Å². The first-order valence-electron chi connectivity index (χ1n) is 15.3. The highest BCUT2D eigenvalue weighted by molar-refractivity contribution is 9.10. The summed E-state index contributed by atoms with van der Waals surface area (Å²) < 4.78 is 24.2. The van der Waals surface area contributed by atoms with Crippen LogP contribution in [0.1, 0.15) is 40.3 Å². The molecule has 1 amide bonds. The van der Waals surface area contributed by atoms with Crippen molar-refractivity contribution in [2.24, 2.45) is 10.1 Å². The van der Waals surface area contributed by atoms with Crippen molar-refractivity contribution in [1.82, 2.24) is 5.32 Å². The Bertz CT molecular complexity index is 1770. The quantitative estimate of drug-likeness (QED) is 0.0596. The molecule has 1 aliphatic rings. The van der Waals surface area contributed by atoms with Gasteiger partial charge in [-0.2, -0.15) is 0 Å². The van der Waals surface area contributed by atoms with E-state index >= 15 is 0 Å². The van der Waals surface area contributed by atoms with Crippen LogP contribution in [0.3, 0.4) is 0 Å². The second-order valence-corrected chi connectivity index (χ2v) is 12.0. The number of carbonyl (C=O) groups excluding carboxylic acids is 1. The second kappa shape index (κ2) is 16.2. The molecule has 248 valence electrons. The summed E-state index contributed by atoms with van der Waals surface area (Å²) in [5.74, 6) is 1.77. The van der Waals surface area contributed by atoms with Crippen molar-refractivity contribution in [2.45, 2.75) is 37.6 Å². The fourth-order valence-electron chi connectivity index (χ4n) is 5.52. The first-order valence-corrected chi connectivity index (χ1v) is 16.1. The van der Waals surface area contributed by atoms with Crippen LogP contribution < -0.4 is 19.5 Å². The van der Waals surface area contributed by atoms with Gasteiger partial charge in [-0.25, -0.2) is 4.99 Å². The fourth-order valence-corrected chi connectivity index (χ4v) is 5.78. The number of azide groups is 1. The van der Waals surface area contributed by atoms with Crippen LogP contribution in [0.15, 0.2) is 106 Å². The van der Waals surface area contributed by atoms with Crippen LogP contribution in [0.5, 0.6) is 17.2 Å². The molecule has 0 aliphatic carbocycles. The van der Waals surface area contributed by atoms with Crippen molar-refractivity contribution in [3.8, 4) is 17.2 Å². The van der Waals surface area contributed by atoms with Crippen LogP contribution in [0.2, 0.25) is 0 Å². The molecule has 0 saturated heterocycles. The van der Waals surface area contributed by atoms with Gasteiger partial charge in [0.05, 0.1) is 27.4 Å². The Balaban J connectivity index is 1.60. The van der Waals surface area contributed by atoms with Gasteiger partial charge in [-0.05, 0) is 76.3 Å². The minimum absolute atomic E-state index is 0.0408. The lowest BCUT2D eigenvalue weighted by Gasteiger charge is -2.32. The molecule has 12 heteroatoms. The Labute approximate surface area is 287 Å². The predicted molar refractivity (Wildman–Crippen MR) is 185 cm³/mol. The van der Waals surface area contributed by atoms with Crippen molar-refractivity contribution in [3.05, 3.63) is 134 Å². The van der Waals surface area contributed by atoms with Crippen molar-refractivity contribution >= 4 is 27.7 Å². The summed E-state index contributed by atoms with van der Waals surface area (Å²) >= 11 is 3.51. The maximum atomic E-state index is 14.7. The zero-order valence-corrected chi connectivity index (χ0v) is 28.2. The van der Waals surface area contributed by atoms with E-state index in [-0.39, 0.29) is 37.9 Å². The molecule has 11 nitrogen and oxygen atoms in total. The second-order valence-electron chi connectivity index (χ2n) is 11.1. The van der Waals surface area contributed by atoms with Gasteiger partial charge in [0.25, 0.3) is 5.91 Å². The predicted octanol–water partition coefficient (Wildman–Crippen LogP) is 6.85. The lowest BCUT2D eigenvalue weighted by molar-refractivity contribution is -0.129. The third kappa shape index (κ3) is 8.09. The number of amides is 1. The van der Waals surface area contributed by atoms with E-state index in [0.29, 0.717) is 41.4 Å². The summed E-state index contributed by atoms with van der Waals surface area (Å²) in [4.78, 5) is 22.8. The molecular weight excluding hydrogens is 678 g/mol. The molecule has 1 aliphatic heterocycles. The molecule has 0 aromatic heterocycles. The molecule has 0 saturated carbocycles. The number of nitrogens with zero attached hydrogens (tertiary/aromatic N) is 4. The number of hydrogen-bond donors (Lipinski definition) is 2. The van der Waals surface area contributed by atoms with Gasteiger partial charge in [-0.15, -0.1) is 0 Å². The van der Waals surface area contributed by atoms with Gasteiger partial charge >= 0.3 is 0 Å². The molecule has 48 heavy (non-hydrogen) atoms. The van der Waals surface area contributed by atoms with Gasteiger partial charge < -0.3 is 29.4 Å². The molecular formula is C36H36BrN5O6. The summed E-state index contributed by atoms with van der Waals surface area (Å²) in [6.45, 7) is 0.666. The number of rotatable bonds is 15. The van der Waals surface area contributed by atoms with E-state index in [1.807, 2.05) is 72.8 Å². The first-order chi connectivity index (χ1) is 23.4. The summed E-state index contributed by atoms with van der Waals surface area (Å²) in [6, 6.07) is 27.9. The fraction of sp³-hybridized carbons (Fsp3) is 0.278. The van der Waals surface area contributed by atoms with Gasteiger partial charge in [-0.3, -0.25) is 4.79 Å². The highest BCUT2D eigenvalue weighted by atomic mass is 79.9. The van der Waals surface area contributed by atoms with Gasteiger partial charge in [0.15, 0.2) is 11.6 Å². The molecule has 5 rings (SSSR count). The lowest BCUT2D eigenvalue weighted by Crippen LogP contribution is -2.49. The third-order valence-electron chi connectivity index (χ3n) is 7.92. The average molecular weight is 715 g/mol. The van der Waals surface area contributed by atoms with Crippen LogP contribution in [0.25, 0.3) is 10.4 Å². The van der Waals surface area contributed by atoms with Gasteiger partial charge in [0, 0.05) is 47.0 Å². The smallest absolute Gasteiger partial charge is 0.252 e. The Kier molecular flexibility index (Phi) is 11.6. The highest BCUT2D eigenvalue weighted by Gasteiger charge is 2.53. The number of ether oxygens (including phenoxy) is 4. The lowest BCUT2D eigenvalue weighted by atomic mass is 9.80. The summed E-state index contributed by atoms with van der Waals surface area (Å²) in [5.41, 5.74) is 11.4. The number of hydrogen-bond acceptors (Lipinski definition) is 8. The molecule has 4 aromatic carbocycles. The van der Waals surface area contributed by atoms with Crippen molar-refractivity contribution in [3.63, 3.8) is 0 Å². The van der Waals surface area contributed by atoms with Crippen molar-refractivity contribution in [2.75, 3.05) is 27.4 Å². The van der Waals surface area contributed by atoms with E-state index in [1.165, 1.54) is 0 Å². The van der Waals surface area contributed by atoms with E-state index in [1.54, 1.807) is 32.4 Å². The molecule has 0 unspecified atom stereocenters. The number of aliphatic hydroxyl groups is 1. The van der Waals surface area contributed by atoms with Gasteiger partial charge in [0.1, 0.15) is 17.2 Å².